The van der Waals surface area contributed by atoms with Gasteiger partial charge >= 0.3 is 0 Å². The quantitative estimate of drug-likeness (QED) is 0.713. The summed E-state index contributed by atoms with van der Waals surface area (Å²) in [7, 11) is 0. The Labute approximate surface area is 98.6 Å². The Balaban J connectivity index is 2.59. The number of nitrogens with one attached hydrogen (secondary N) is 1. The molecular weight excluding hydrogens is 200 g/mol. The molecule has 16 heavy (non-hydrogen) atoms. The van der Waals surface area contributed by atoms with E-state index in [9.17, 15) is 4.79 Å². The van der Waals surface area contributed by atoms with E-state index in [4.69, 9.17) is 6.42 Å². The van der Waals surface area contributed by atoms with Gasteiger partial charge in [0.05, 0.1) is 6.04 Å². The van der Waals surface area contributed by atoms with E-state index in [1.54, 1.807) is 0 Å². The fourth-order valence-electron chi connectivity index (χ4n) is 2.23. The highest BCUT2D eigenvalue weighted by Gasteiger charge is 2.34. The molecule has 2 unspecified atom stereocenters. The predicted octanol–water partition coefficient (Wildman–Crippen LogP) is 1.39. The minimum absolute atomic E-state index is 0.00757. The molecule has 3 heteroatoms. The Morgan fingerprint density at radius 2 is 2.31 bits per heavy atom. The number of hydrogen-bond donors (Lipinski definition) is 1. The summed E-state index contributed by atoms with van der Waals surface area (Å²) < 4.78 is 0. The highest BCUT2D eigenvalue weighted by Crippen LogP contribution is 2.18. The summed E-state index contributed by atoms with van der Waals surface area (Å²) in [6, 6.07) is 0.560. The van der Waals surface area contributed by atoms with Gasteiger partial charge in [0.1, 0.15) is 0 Å². The van der Waals surface area contributed by atoms with Gasteiger partial charge in [-0.05, 0) is 12.8 Å². The molecule has 1 N–H and O–H groups in total. The number of rotatable bonds is 5. The molecule has 0 saturated carbocycles. The highest BCUT2D eigenvalue weighted by molar-refractivity contribution is 5.84. The van der Waals surface area contributed by atoms with E-state index < -0.39 is 0 Å². The van der Waals surface area contributed by atoms with Crippen molar-refractivity contribution in [2.75, 3.05) is 6.54 Å². The molecular formula is C13H22N2O. The number of carbonyl (C=O) groups excluding carboxylic acids is 1. The summed E-state index contributed by atoms with van der Waals surface area (Å²) in [6.45, 7) is 7.05. The number of carbonyl (C=O) groups is 1. The van der Waals surface area contributed by atoms with Gasteiger partial charge in [-0.2, -0.15) is 0 Å². The van der Waals surface area contributed by atoms with Crippen LogP contribution in [0.3, 0.4) is 0 Å². The first kappa shape index (κ1) is 13.1. The van der Waals surface area contributed by atoms with Crippen LogP contribution in [-0.4, -0.2) is 35.5 Å². The smallest absolute Gasteiger partial charge is 0.240 e. The molecule has 0 radical (unpaired) electrons. The Morgan fingerprint density at radius 1 is 1.62 bits per heavy atom. The zero-order valence-electron chi connectivity index (χ0n) is 10.5. The second-order valence-corrected chi connectivity index (χ2v) is 4.66. The molecule has 0 aliphatic carbocycles. The van der Waals surface area contributed by atoms with Crippen molar-refractivity contribution in [2.45, 2.75) is 58.2 Å². The van der Waals surface area contributed by atoms with Crippen molar-refractivity contribution >= 4 is 5.91 Å². The van der Waals surface area contributed by atoms with Gasteiger partial charge in [-0.15, -0.1) is 12.3 Å². The molecule has 90 valence electrons. The Hall–Kier alpha value is -1.01. The van der Waals surface area contributed by atoms with Crippen LogP contribution in [0.4, 0.5) is 0 Å². The van der Waals surface area contributed by atoms with Crippen LogP contribution < -0.4 is 5.32 Å². The standard InChI is InChI=1S/C13H22N2O/c1-5-7-11(6-2)15-9-8-12(13(15)16)14-10(3)4/h1,10-12,14H,6-9H2,2-4H3. The average molecular weight is 222 g/mol. The summed E-state index contributed by atoms with van der Waals surface area (Å²) in [4.78, 5) is 14.1. The van der Waals surface area contributed by atoms with E-state index in [0.29, 0.717) is 12.5 Å². The van der Waals surface area contributed by atoms with Crippen LogP contribution in [0, 0.1) is 12.3 Å². The topological polar surface area (TPSA) is 32.3 Å². The molecule has 1 rings (SSSR count). The van der Waals surface area contributed by atoms with Crippen molar-refractivity contribution in [1.29, 1.82) is 0 Å². The fourth-order valence-corrected chi connectivity index (χ4v) is 2.23. The minimum atomic E-state index is -0.00757. The third-order valence-electron chi connectivity index (χ3n) is 3.04. The highest BCUT2D eigenvalue weighted by atomic mass is 16.2. The van der Waals surface area contributed by atoms with Gasteiger partial charge in [-0.3, -0.25) is 4.79 Å². The van der Waals surface area contributed by atoms with Crippen LogP contribution in [0.1, 0.15) is 40.0 Å². The molecule has 0 aromatic heterocycles. The summed E-state index contributed by atoms with van der Waals surface area (Å²) in [5, 5.41) is 3.30. The SMILES string of the molecule is C#CCC(CC)N1CCC(NC(C)C)C1=O. The Kier molecular flexibility index (Phi) is 4.82. The van der Waals surface area contributed by atoms with Gasteiger partial charge in [0.25, 0.3) is 0 Å². The zero-order chi connectivity index (χ0) is 12.1. The van der Waals surface area contributed by atoms with Crippen LogP contribution >= 0.6 is 0 Å². The first-order chi connectivity index (χ1) is 7.60. The molecule has 1 aliphatic rings. The molecule has 0 aromatic rings. The lowest BCUT2D eigenvalue weighted by molar-refractivity contribution is -0.131. The molecule has 1 saturated heterocycles. The third kappa shape index (κ3) is 2.99. The first-order valence-electron chi connectivity index (χ1n) is 6.10. The van der Waals surface area contributed by atoms with Crippen molar-refractivity contribution in [3.05, 3.63) is 0 Å². The van der Waals surface area contributed by atoms with Gasteiger partial charge < -0.3 is 10.2 Å². The summed E-state index contributed by atoms with van der Waals surface area (Å²) in [6.07, 6.45) is 7.83. The Bertz CT molecular complexity index is 280. The van der Waals surface area contributed by atoms with Crippen LogP contribution in [0.2, 0.25) is 0 Å². The largest absolute Gasteiger partial charge is 0.337 e. The molecule has 0 aromatic carbocycles. The third-order valence-corrected chi connectivity index (χ3v) is 3.04. The first-order valence-corrected chi connectivity index (χ1v) is 6.10. The van der Waals surface area contributed by atoms with Crippen LogP contribution in [0.15, 0.2) is 0 Å². The van der Waals surface area contributed by atoms with Crippen LogP contribution in [0.5, 0.6) is 0 Å². The van der Waals surface area contributed by atoms with Crippen molar-refractivity contribution in [3.63, 3.8) is 0 Å². The second-order valence-electron chi connectivity index (χ2n) is 4.66. The second kappa shape index (κ2) is 5.91. The van der Waals surface area contributed by atoms with Crippen molar-refractivity contribution in [1.82, 2.24) is 10.2 Å². The lowest BCUT2D eigenvalue weighted by Gasteiger charge is -2.26. The fraction of sp³-hybridized carbons (Fsp3) is 0.769. The molecule has 1 amide bonds. The molecule has 0 bridgehead atoms. The maximum Gasteiger partial charge on any atom is 0.240 e. The number of amides is 1. The summed E-state index contributed by atoms with van der Waals surface area (Å²) in [5.41, 5.74) is 0. The van der Waals surface area contributed by atoms with Crippen LogP contribution in [-0.2, 0) is 4.79 Å². The lowest BCUT2D eigenvalue weighted by Crippen LogP contribution is -2.44. The zero-order valence-corrected chi connectivity index (χ0v) is 10.5. The van der Waals surface area contributed by atoms with E-state index in [1.807, 2.05) is 4.90 Å². The van der Waals surface area contributed by atoms with E-state index in [-0.39, 0.29) is 18.0 Å². The average Bonchev–Trinajstić information content (AvgIpc) is 2.57. The van der Waals surface area contributed by atoms with Crippen LogP contribution in [0.25, 0.3) is 0 Å². The summed E-state index contributed by atoms with van der Waals surface area (Å²) in [5.74, 6) is 2.88. The number of hydrogen-bond acceptors (Lipinski definition) is 2. The Morgan fingerprint density at radius 3 is 2.81 bits per heavy atom. The monoisotopic (exact) mass is 222 g/mol. The van der Waals surface area contributed by atoms with E-state index in [1.165, 1.54) is 0 Å². The number of likely N-dealkylation sites (tertiary alicyclic amines) is 1. The minimum Gasteiger partial charge on any atom is -0.337 e. The van der Waals surface area contributed by atoms with Gasteiger partial charge in [0.15, 0.2) is 0 Å². The van der Waals surface area contributed by atoms with Crippen molar-refractivity contribution in [2.24, 2.45) is 0 Å². The molecule has 2 atom stereocenters. The number of terminal acetylenes is 1. The van der Waals surface area contributed by atoms with E-state index in [0.717, 1.165) is 19.4 Å². The van der Waals surface area contributed by atoms with Gasteiger partial charge in [-0.25, -0.2) is 0 Å². The lowest BCUT2D eigenvalue weighted by atomic mass is 10.1. The summed E-state index contributed by atoms with van der Waals surface area (Å²) >= 11 is 0. The molecule has 1 fully saturated rings. The molecule has 1 heterocycles. The van der Waals surface area contributed by atoms with E-state index in [2.05, 4.69) is 32.0 Å². The molecule has 1 aliphatic heterocycles. The normalized spacial score (nSPS) is 22.6. The van der Waals surface area contributed by atoms with Gasteiger partial charge in [-0.1, -0.05) is 20.8 Å². The van der Waals surface area contributed by atoms with Gasteiger partial charge in [0.2, 0.25) is 5.91 Å². The van der Waals surface area contributed by atoms with E-state index >= 15 is 0 Å². The maximum atomic E-state index is 12.1. The van der Waals surface area contributed by atoms with Crippen molar-refractivity contribution in [3.8, 4) is 12.3 Å². The van der Waals surface area contributed by atoms with Crippen molar-refractivity contribution < 1.29 is 4.79 Å². The number of nitrogens with zero attached hydrogens (tertiary/aromatic N) is 1. The van der Waals surface area contributed by atoms with Gasteiger partial charge in [0, 0.05) is 25.0 Å². The molecule has 0 spiro atoms. The predicted molar refractivity (Wildman–Crippen MR) is 65.9 cm³/mol. The maximum absolute atomic E-state index is 12.1. The molecule has 3 nitrogen and oxygen atoms in total.